The third-order valence-corrected chi connectivity index (χ3v) is 5.53. The summed E-state index contributed by atoms with van der Waals surface area (Å²) < 4.78 is 11.8. The molecule has 1 aliphatic carbocycles. The molecular formula is C23H30N4O2. The molecule has 4 rings (SSSR count). The second kappa shape index (κ2) is 9.27. The number of pyridine rings is 1. The van der Waals surface area contributed by atoms with Crippen LogP contribution in [0.3, 0.4) is 0 Å². The minimum Gasteiger partial charge on any atom is -0.477 e. The van der Waals surface area contributed by atoms with E-state index in [1.807, 2.05) is 25.4 Å². The number of nitrogens with one attached hydrogen (secondary N) is 1. The second-order valence-corrected chi connectivity index (χ2v) is 7.82. The number of rotatable bonds is 6. The van der Waals surface area contributed by atoms with E-state index in [1.165, 1.54) is 24.0 Å². The average Bonchev–Trinajstić information content (AvgIpc) is 3.58. The van der Waals surface area contributed by atoms with Crippen molar-refractivity contribution >= 4 is 5.96 Å². The SMILES string of the molecule is CN=C(NCc1ccnc(OCC2CC2)c1)N1CCOC(c2ccccc2C)C1. The molecule has 1 unspecified atom stereocenters. The minimum absolute atomic E-state index is 0.0619. The fraction of sp³-hybridized carbons (Fsp3) is 0.478. The van der Waals surface area contributed by atoms with Gasteiger partial charge in [0.05, 0.1) is 19.8 Å². The molecule has 6 heteroatoms. The summed E-state index contributed by atoms with van der Waals surface area (Å²) in [6.45, 7) is 5.90. The van der Waals surface area contributed by atoms with Gasteiger partial charge in [-0.05, 0) is 48.4 Å². The van der Waals surface area contributed by atoms with Gasteiger partial charge >= 0.3 is 0 Å². The van der Waals surface area contributed by atoms with Crippen molar-refractivity contribution in [1.82, 2.24) is 15.2 Å². The highest BCUT2D eigenvalue weighted by atomic mass is 16.5. The van der Waals surface area contributed by atoms with E-state index in [1.54, 1.807) is 0 Å². The van der Waals surface area contributed by atoms with E-state index in [0.29, 0.717) is 19.0 Å². The first kappa shape index (κ1) is 19.7. The standard InChI is InChI=1S/C23H30N4O2/c1-17-5-3-4-6-20(17)21-15-27(11-12-28-21)23(24-2)26-14-19-9-10-25-22(13-19)29-16-18-7-8-18/h3-6,9-10,13,18,21H,7-8,11-12,14-16H2,1-2H3,(H,24,26). The third kappa shape index (κ3) is 5.26. The molecule has 0 spiro atoms. The van der Waals surface area contributed by atoms with E-state index >= 15 is 0 Å². The zero-order valence-corrected chi connectivity index (χ0v) is 17.3. The monoisotopic (exact) mass is 394 g/mol. The Bertz CT molecular complexity index is 850. The topological polar surface area (TPSA) is 59.0 Å². The maximum Gasteiger partial charge on any atom is 0.213 e. The van der Waals surface area contributed by atoms with Gasteiger partial charge in [-0.3, -0.25) is 4.99 Å². The van der Waals surface area contributed by atoms with Crippen molar-refractivity contribution in [3.05, 3.63) is 59.3 Å². The zero-order valence-electron chi connectivity index (χ0n) is 17.3. The van der Waals surface area contributed by atoms with Crippen molar-refractivity contribution in [2.45, 2.75) is 32.4 Å². The van der Waals surface area contributed by atoms with Crippen molar-refractivity contribution < 1.29 is 9.47 Å². The van der Waals surface area contributed by atoms with Crippen molar-refractivity contribution in [3.63, 3.8) is 0 Å². The van der Waals surface area contributed by atoms with Crippen molar-refractivity contribution in [3.8, 4) is 5.88 Å². The Labute approximate surface area is 173 Å². The molecule has 1 aromatic heterocycles. The summed E-state index contributed by atoms with van der Waals surface area (Å²) in [6.07, 6.45) is 4.43. The maximum absolute atomic E-state index is 6.05. The number of hydrogen-bond acceptors (Lipinski definition) is 4. The fourth-order valence-electron chi connectivity index (χ4n) is 3.62. The van der Waals surface area contributed by atoms with E-state index in [9.17, 15) is 0 Å². The molecule has 0 amide bonds. The molecule has 2 heterocycles. The Hall–Kier alpha value is -2.60. The van der Waals surface area contributed by atoms with Crippen LogP contribution >= 0.6 is 0 Å². The number of aryl methyl sites for hydroxylation is 1. The molecule has 2 fully saturated rings. The van der Waals surface area contributed by atoms with Gasteiger partial charge < -0.3 is 19.7 Å². The molecule has 1 N–H and O–H groups in total. The van der Waals surface area contributed by atoms with Crippen LogP contribution < -0.4 is 10.1 Å². The summed E-state index contributed by atoms with van der Waals surface area (Å²) in [4.78, 5) is 11.1. The molecular weight excluding hydrogens is 364 g/mol. The number of guanidine groups is 1. The molecule has 2 aromatic rings. The van der Waals surface area contributed by atoms with E-state index in [2.05, 4.69) is 51.4 Å². The van der Waals surface area contributed by atoms with Crippen molar-refractivity contribution in [1.29, 1.82) is 0 Å². The molecule has 154 valence electrons. The predicted octanol–water partition coefficient (Wildman–Crippen LogP) is 3.33. The van der Waals surface area contributed by atoms with Crippen LogP contribution in [0, 0.1) is 12.8 Å². The summed E-state index contributed by atoms with van der Waals surface area (Å²) >= 11 is 0. The Morgan fingerprint density at radius 3 is 2.97 bits per heavy atom. The smallest absolute Gasteiger partial charge is 0.213 e. The second-order valence-electron chi connectivity index (χ2n) is 7.82. The van der Waals surface area contributed by atoms with Crippen LogP contribution in [0.15, 0.2) is 47.6 Å². The average molecular weight is 395 g/mol. The molecule has 1 saturated carbocycles. The highest BCUT2D eigenvalue weighted by Gasteiger charge is 2.25. The lowest BCUT2D eigenvalue weighted by Gasteiger charge is -2.35. The lowest BCUT2D eigenvalue weighted by Crippen LogP contribution is -2.48. The summed E-state index contributed by atoms with van der Waals surface area (Å²) in [7, 11) is 1.83. The minimum atomic E-state index is 0.0619. The van der Waals surface area contributed by atoms with Crippen molar-refractivity contribution in [2.75, 3.05) is 33.4 Å². The molecule has 2 aliphatic rings. The lowest BCUT2D eigenvalue weighted by atomic mass is 10.0. The first-order valence-corrected chi connectivity index (χ1v) is 10.4. The molecule has 1 aliphatic heterocycles. The van der Waals surface area contributed by atoms with E-state index in [-0.39, 0.29) is 6.10 Å². The first-order chi connectivity index (χ1) is 14.2. The van der Waals surface area contributed by atoms with Gasteiger partial charge in [0.25, 0.3) is 0 Å². The van der Waals surface area contributed by atoms with Gasteiger partial charge in [-0.1, -0.05) is 24.3 Å². The Morgan fingerprint density at radius 2 is 2.17 bits per heavy atom. The molecule has 1 atom stereocenters. The van der Waals surface area contributed by atoms with Gasteiger partial charge in [-0.25, -0.2) is 4.98 Å². The highest BCUT2D eigenvalue weighted by Crippen LogP contribution is 2.29. The van der Waals surface area contributed by atoms with Crippen LogP contribution in [-0.2, 0) is 11.3 Å². The van der Waals surface area contributed by atoms with Gasteiger partial charge in [0.15, 0.2) is 5.96 Å². The summed E-state index contributed by atoms with van der Waals surface area (Å²) in [5.74, 6) is 2.32. The number of ether oxygens (including phenoxy) is 2. The van der Waals surface area contributed by atoms with Gasteiger partial charge in [-0.2, -0.15) is 0 Å². The molecule has 0 bridgehead atoms. The van der Waals surface area contributed by atoms with Crippen LogP contribution in [0.2, 0.25) is 0 Å². The van der Waals surface area contributed by atoms with Crippen molar-refractivity contribution in [2.24, 2.45) is 10.9 Å². The zero-order chi connectivity index (χ0) is 20.1. The van der Waals surface area contributed by atoms with Crippen LogP contribution in [0.1, 0.15) is 35.6 Å². The summed E-state index contributed by atoms with van der Waals surface area (Å²) in [6, 6.07) is 12.5. The van der Waals surface area contributed by atoms with Crippen LogP contribution in [0.5, 0.6) is 5.88 Å². The number of benzene rings is 1. The fourth-order valence-corrected chi connectivity index (χ4v) is 3.62. The quantitative estimate of drug-likeness (QED) is 0.602. The van der Waals surface area contributed by atoms with E-state index < -0.39 is 0 Å². The Morgan fingerprint density at radius 1 is 1.31 bits per heavy atom. The summed E-state index contributed by atoms with van der Waals surface area (Å²) in [5.41, 5.74) is 3.65. The normalized spacial score (nSPS) is 19.9. The molecule has 6 nitrogen and oxygen atoms in total. The van der Waals surface area contributed by atoms with E-state index in [4.69, 9.17) is 9.47 Å². The molecule has 29 heavy (non-hydrogen) atoms. The molecule has 0 radical (unpaired) electrons. The van der Waals surface area contributed by atoms with Gasteiger partial charge in [0, 0.05) is 32.4 Å². The van der Waals surface area contributed by atoms with Gasteiger partial charge in [0.1, 0.15) is 6.10 Å². The number of aliphatic imine (C=N–C) groups is 1. The Kier molecular flexibility index (Phi) is 6.30. The number of hydrogen-bond donors (Lipinski definition) is 1. The lowest BCUT2D eigenvalue weighted by molar-refractivity contribution is -0.00833. The number of morpholine rings is 1. The van der Waals surface area contributed by atoms with E-state index in [0.717, 1.165) is 37.1 Å². The third-order valence-electron chi connectivity index (χ3n) is 5.53. The number of aromatic nitrogens is 1. The predicted molar refractivity (Wildman–Crippen MR) is 114 cm³/mol. The molecule has 1 aromatic carbocycles. The summed E-state index contributed by atoms with van der Waals surface area (Å²) in [5, 5.41) is 3.48. The first-order valence-electron chi connectivity index (χ1n) is 10.4. The van der Waals surface area contributed by atoms with Crippen LogP contribution in [-0.4, -0.2) is 49.2 Å². The van der Waals surface area contributed by atoms with Gasteiger partial charge in [-0.15, -0.1) is 0 Å². The highest BCUT2D eigenvalue weighted by molar-refractivity contribution is 5.80. The molecule has 1 saturated heterocycles. The largest absolute Gasteiger partial charge is 0.477 e. The van der Waals surface area contributed by atoms with Gasteiger partial charge in [0.2, 0.25) is 5.88 Å². The van der Waals surface area contributed by atoms with Crippen LogP contribution in [0.4, 0.5) is 0 Å². The Balaban J connectivity index is 1.35. The van der Waals surface area contributed by atoms with Crippen LogP contribution in [0.25, 0.3) is 0 Å². The number of nitrogens with zero attached hydrogens (tertiary/aromatic N) is 3. The maximum atomic E-state index is 6.05.